The molecule has 19 heavy (non-hydrogen) atoms. The minimum Gasteiger partial charge on any atom is -0.462 e. The first-order valence-electron chi connectivity index (χ1n) is 6.56. The second kappa shape index (κ2) is 8.87. The number of carbonyl (C=O) groups is 1. The van der Waals surface area contributed by atoms with Gasteiger partial charge in [0.25, 0.3) is 0 Å². The maximum atomic E-state index is 11.8. The molecule has 5 nitrogen and oxygen atoms in total. The number of nitrogens with zero attached hydrogens (tertiary/aromatic N) is 1. The van der Waals surface area contributed by atoms with Gasteiger partial charge in [0.1, 0.15) is 10.6 Å². The average Bonchev–Trinajstić information content (AvgIpc) is 2.75. The maximum absolute atomic E-state index is 11.8. The van der Waals surface area contributed by atoms with Crippen LogP contribution < -0.4 is 5.32 Å². The maximum Gasteiger partial charge on any atom is 0.343 e. The number of esters is 1. The highest BCUT2D eigenvalue weighted by molar-refractivity contribution is 7.10. The smallest absolute Gasteiger partial charge is 0.343 e. The summed E-state index contributed by atoms with van der Waals surface area (Å²) in [5, 5.41) is 4.07. The van der Waals surface area contributed by atoms with Crippen molar-refractivity contribution in [3.63, 3.8) is 0 Å². The van der Waals surface area contributed by atoms with Crippen LogP contribution in [0.2, 0.25) is 0 Å². The summed E-state index contributed by atoms with van der Waals surface area (Å²) in [7, 11) is 1.71. The molecule has 1 rings (SSSR count). The molecule has 0 aliphatic carbocycles. The molecule has 0 aliphatic rings. The van der Waals surface area contributed by atoms with Crippen LogP contribution in [0.3, 0.4) is 0 Å². The molecule has 0 bridgehead atoms. The van der Waals surface area contributed by atoms with E-state index in [4.69, 9.17) is 9.47 Å². The number of methoxy groups -OCH3 is 1. The van der Waals surface area contributed by atoms with E-state index in [0.29, 0.717) is 12.2 Å². The van der Waals surface area contributed by atoms with E-state index in [-0.39, 0.29) is 5.97 Å². The fourth-order valence-electron chi connectivity index (χ4n) is 1.68. The predicted molar refractivity (Wildman–Crippen MR) is 77.0 cm³/mol. The summed E-state index contributed by atoms with van der Waals surface area (Å²) in [6.07, 6.45) is 3.21. The first-order valence-corrected chi connectivity index (χ1v) is 7.34. The Morgan fingerprint density at radius 1 is 1.37 bits per heavy atom. The Kier molecular flexibility index (Phi) is 7.43. The summed E-state index contributed by atoms with van der Waals surface area (Å²) >= 11 is 1.31. The van der Waals surface area contributed by atoms with Gasteiger partial charge in [0.15, 0.2) is 0 Å². The van der Waals surface area contributed by atoms with E-state index >= 15 is 0 Å². The molecule has 1 N–H and O–H groups in total. The second-order valence-corrected chi connectivity index (χ2v) is 4.95. The number of hydrogen-bond donors (Lipinski definition) is 1. The molecule has 1 aromatic rings. The molecular formula is C13H22N2O3S. The molecule has 0 unspecified atom stereocenters. The summed E-state index contributed by atoms with van der Waals surface area (Å²) in [6.45, 7) is 5.64. The fourth-order valence-corrected chi connectivity index (χ4v) is 2.49. The Balaban J connectivity index is 2.43. The molecule has 0 aromatic carbocycles. The van der Waals surface area contributed by atoms with Crippen molar-refractivity contribution in [2.45, 2.75) is 33.1 Å². The summed E-state index contributed by atoms with van der Waals surface area (Å²) in [5.41, 5.74) is 1.30. The SMILES string of the molecule is CCOC(=O)c1c(C)nsc1NCCCCCOC. The molecule has 0 radical (unpaired) electrons. The number of ether oxygens (including phenoxy) is 2. The zero-order chi connectivity index (χ0) is 14.1. The highest BCUT2D eigenvalue weighted by Gasteiger charge is 2.19. The van der Waals surface area contributed by atoms with Crippen LogP contribution in [-0.4, -0.2) is 37.2 Å². The summed E-state index contributed by atoms with van der Waals surface area (Å²) in [5.74, 6) is -0.296. The lowest BCUT2D eigenvalue weighted by Gasteiger charge is -2.06. The molecule has 1 aromatic heterocycles. The molecule has 0 aliphatic heterocycles. The van der Waals surface area contributed by atoms with Gasteiger partial charge in [-0.05, 0) is 44.6 Å². The van der Waals surface area contributed by atoms with Gasteiger partial charge in [-0.1, -0.05) is 0 Å². The number of anilines is 1. The molecule has 108 valence electrons. The van der Waals surface area contributed by atoms with E-state index < -0.39 is 0 Å². The van der Waals surface area contributed by atoms with E-state index in [2.05, 4.69) is 9.69 Å². The van der Waals surface area contributed by atoms with Crippen LogP contribution in [0.1, 0.15) is 42.2 Å². The number of aryl methyl sites for hydroxylation is 1. The van der Waals surface area contributed by atoms with Gasteiger partial charge in [0, 0.05) is 20.3 Å². The zero-order valence-electron chi connectivity index (χ0n) is 11.8. The third kappa shape index (κ3) is 5.16. The highest BCUT2D eigenvalue weighted by atomic mass is 32.1. The standard InChI is InChI=1S/C13H22N2O3S/c1-4-18-13(16)11-10(2)15-19-12(11)14-8-6-5-7-9-17-3/h14H,4-9H2,1-3H3. The van der Waals surface area contributed by atoms with Gasteiger partial charge in [0.05, 0.1) is 12.3 Å². The monoisotopic (exact) mass is 286 g/mol. The number of aromatic nitrogens is 1. The minimum atomic E-state index is -0.296. The quantitative estimate of drug-likeness (QED) is 0.559. The van der Waals surface area contributed by atoms with Crippen molar-refractivity contribution in [1.29, 1.82) is 0 Å². The Hall–Kier alpha value is -1.14. The summed E-state index contributed by atoms with van der Waals surface area (Å²) in [4.78, 5) is 11.8. The first kappa shape index (κ1) is 15.9. The number of carbonyl (C=O) groups excluding carboxylic acids is 1. The Morgan fingerprint density at radius 2 is 2.16 bits per heavy atom. The van der Waals surface area contributed by atoms with Crippen molar-refractivity contribution in [2.75, 3.05) is 32.2 Å². The van der Waals surface area contributed by atoms with Crippen LogP contribution in [0.4, 0.5) is 5.00 Å². The molecule has 0 amide bonds. The lowest BCUT2D eigenvalue weighted by molar-refractivity contribution is 0.0527. The van der Waals surface area contributed by atoms with Crippen LogP contribution >= 0.6 is 11.5 Å². The Bertz CT molecular complexity index is 393. The van der Waals surface area contributed by atoms with E-state index in [1.54, 1.807) is 14.0 Å². The molecule has 1 heterocycles. The van der Waals surface area contributed by atoms with Crippen LogP contribution in [-0.2, 0) is 9.47 Å². The molecule has 0 spiro atoms. The van der Waals surface area contributed by atoms with Crippen molar-refractivity contribution >= 4 is 22.5 Å². The van der Waals surface area contributed by atoms with Crippen molar-refractivity contribution in [3.8, 4) is 0 Å². The van der Waals surface area contributed by atoms with Crippen molar-refractivity contribution in [3.05, 3.63) is 11.3 Å². The largest absolute Gasteiger partial charge is 0.462 e. The van der Waals surface area contributed by atoms with Gasteiger partial charge in [-0.2, -0.15) is 4.37 Å². The Morgan fingerprint density at radius 3 is 2.84 bits per heavy atom. The zero-order valence-corrected chi connectivity index (χ0v) is 12.6. The highest BCUT2D eigenvalue weighted by Crippen LogP contribution is 2.25. The van der Waals surface area contributed by atoms with Crippen molar-refractivity contribution in [1.82, 2.24) is 4.37 Å². The van der Waals surface area contributed by atoms with Crippen LogP contribution in [0, 0.1) is 6.92 Å². The summed E-state index contributed by atoms with van der Waals surface area (Å²) < 4.78 is 14.2. The number of hydrogen-bond acceptors (Lipinski definition) is 6. The number of unbranched alkanes of at least 4 members (excludes halogenated alkanes) is 2. The first-order chi connectivity index (χ1) is 9.20. The van der Waals surface area contributed by atoms with Crippen molar-refractivity contribution < 1.29 is 14.3 Å². The predicted octanol–water partition coefficient (Wildman–Crippen LogP) is 2.86. The average molecular weight is 286 g/mol. The van der Waals surface area contributed by atoms with Crippen LogP contribution in [0.5, 0.6) is 0 Å². The second-order valence-electron chi connectivity index (χ2n) is 4.17. The minimum absolute atomic E-state index is 0.296. The molecule has 0 fully saturated rings. The van der Waals surface area contributed by atoms with Gasteiger partial charge in [0.2, 0.25) is 0 Å². The summed E-state index contributed by atoms with van der Waals surface area (Å²) in [6, 6.07) is 0. The van der Waals surface area contributed by atoms with Crippen LogP contribution in [0.15, 0.2) is 0 Å². The third-order valence-electron chi connectivity index (χ3n) is 2.65. The fraction of sp³-hybridized carbons (Fsp3) is 0.692. The molecular weight excluding hydrogens is 264 g/mol. The van der Waals surface area contributed by atoms with E-state index in [1.165, 1.54) is 11.5 Å². The van der Waals surface area contributed by atoms with Gasteiger partial charge < -0.3 is 14.8 Å². The lowest BCUT2D eigenvalue weighted by Crippen LogP contribution is -2.10. The van der Waals surface area contributed by atoms with E-state index in [1.807, 2.05) is 6.92 Å². The molecule has 0 saturated carbocycles. The van der Waals surface area contributed by atoms with Gasteiger partial charge >= 0.3 is 5.97 Å². The molecule has 0 atom stereocenters. The topological polar surface area (TPSA) is 60.5 Å². The Labute approximate surface area is 118 Å². The lowest BCUT2D eigenvalue weighted by atomic mass is 10.2. The molecule has 6 heteroatoms. The van der Waals surface area contributed by atoms with Crippen molar-refractivity contribution in [2.24, 2.45) is 0 Å². The van der Waals surface area contributed by atoms with Gasteiger partial charge in [-0.3, -0.25) is 0 Å². The normalized spacial score (nSPS) is 10.5. The molecule has 0 saturated heterocycles. The van der Waals surface area contributed by atoms with E-state index in [9.17, 15) is 4.79 Å². The van der Waals surface area contributed by atoms with E-state index in [0.717, 1.165) is 43.1 Å². The third-order valence-corrected chi connectivity index (χ3v) is 3.55. The number of rotatable bonds is 9. The van der Waals surface area contributed by atoms with Gasteiger partial charge in [-0.15, -0.1) is 0 Å². The van der Waals surface area contributed by atoms with Gasteiger partial charge in [-0.25, -0.2) is 4.79 Å². The van der Waals surface area contributed by atoms with Crippen LogP contribution in [0.25, 0.3) is 0 Å². The number of nitrogens with one attached hydrogen (secondary N) is 1.